The van der Waals surface area contributed by atoms with Gasteiger partial charge in [-0.3, -0.25) is 0 Å². The molecule has 1 rings (SSSR count). The summed E-state index contributed by atoms with van der Waals surface area (Å²) in [6.45, 7) is 8.35. The monoisotopic (exact) mass is 194 g/mol. The fourth-order valence-electron chi connectivity index (χ4n) is 1.43. The summed E-state index contributed by atoms with van der Waals surface area (Å²) >= 11 is 0. The third-order valence-electron chi connectivity index (χ3n) is 2.41. The molecule has 2 heteroatoms. The number of hydrogen-bond acceptors (Lipinski definition) is 2. The Balaban J connectivity index is 2.14. The van der Waals surface area contributed by atoms with Crippen LogP contribution in [0.3, 0.4) is 0 Å². The molecular formula is C12H20NO. The smallest absolute Gasteiger partial charge is 0.115 e. The van der Waals surface area contributed by atoms with Crippen LogP contribution in [-0.4, -0.2) is 31.1 Å². The average Bonchev–Trinajstić information content (AvgIpc) is 2.26. The van der Waals surface area contributed by atoms with Gasteiger partial charge in [-0.05, 0) is 38.1 Å². The highest BCUT2D eigenvalue weighted by molar-refractivity contribution is 5.21. The highest BCUT2D eigenvalue weighted by atomic mass is 16.5. The quantitative estimate of drug-likeness (QED) is 0.643. The van der Waals surface area contributed by atoms with Crippen molar-refractivity contribution < 1.29 is 4.74 Å². The molecule has 1 radical (unpaired) electrons. The van der Waals surface area contributed by atoms with Gasteiger partial charge in [-0.15, -0.1) is 0 Å². The van der Waals surface area contributed by atoms with E-state index in [1.165, 1.54) is 0 Å². The molecule has 0 heterocycles. The van der Waals surface area contributed by atoms with Crippen molar-refractivity contribution in [3.63, 3.8) is 0 Å². The SMILES string of the molecule is CCN(CC)CCOC1=C[CH]CC=C1. The largest absolute Gasteiger partial charge is 0.493 e. The lowest BCUT2D eigenvalue weighted by molar-refractivity contribution is 0.171. The first-order chi connectivity index (χ1) is 6.86. The number of likely N-dealkylation sites (N-methyl/N-ethyl adjacent to an activating group) is 1. The Morgan fingerprint density at radius 2 is 2.14 bits per heavy atom. The summed E-state index contributed by atoms with van der Waals surface area (Å²) in [7, 11) is 0. The average molecular weight is 194 g/mol. The summed E-state index contributed by atoms with van der Waals surface area (Å²) in [5.41, 5.74) is 0. The van der Waals surface area contributed by atoms with Gasteiger partial charge in [0, 0.05) is 6.54 Å². The lowest BCUT2D eigenvalue weighted by Gasteiger charge is -2.18. The number of hydrogen-bond donors (Lipinski definition) is 0. The second-order valence-electron chi connectivity index (χ2n) is 3.32. The lowest BCUT2D eigenvalue weighted by Crippen LogP contribution is -2.26. The van der Waals surface area contributed by atoms with Crippen LogP contribution < -0.4 is 0 Å². The minimum absolute atomic E-state index is 0.783. The molecule has 1 aliphatic rings. The molecular weight excluding hydrogens is 174 g/mol. The van der Waals surface area contributed by atoms with Crippen molar-refractivity contribution in [1.82, 2.24) is 4.90 Å². The van der Waals surface area contributed by atoms with E-state index in [2.05, 4.69) is 31.2 Å². The number of nitrogens with zero attached hydrogens (tertiary/aromatic N) is 1. The molecule has 0 saturated heterocycles. The molecule has 1 aliphatic carbocycles. The van der Waals surface area contributed by atoms with Gasteiger partial charge in [-0.25, -0.2) is 0 Å². The summed E-state index contributed by atoms with van der Waals surface area (Å²) in [6.07, 6.45) is 9.35. The zero-order valence-electron chi connectivity index (χ0n) is 9.20. The molecule has 0 N–H and O–H groups in total. The van der Waals surface area contributed by atoms with Gasteiger partial charge in [-0.1, -0.05) is 19.9 Å². The van der Waals surface area contributed by atoms with Crippen LogP contribution in [0, 0.1) is 6.42 Å². The highest BCUT2D eigenvalue weighted by Gasteiger charge is 2.01. The number of rotatable bonds is 6. The second-order valence-corrected chi connectivity index (χ2v) is 3.32. The first kappa shape index (κ1) is 11.3. The molecule has 0 saturated carbocycles. The maximum absolute atomic E-state index is 5.62. The minimum atomic E-state index is 0.783. The molecule has 0 atom stereocenters. The molecule has 0 aromatic rings. The summed E-state index contributed by atoms with van der Waals surface area (Å²) in [6, 6.07) is 0. The van der Waals surface area contributed by atoms with Crippen LogP contribution in [-0.2, 0) is 4.74 Å². The molecule has 2 nitrogen and oxygen atoms in total. The van der Waals surface area contributed by atoms with Crippen LogP contribution in [0.2, 0.25) is 0 Å². The van der Waals surface area contributed by atoms with Gasteiger partial charge in [0.1, 0.15) is 12.4 Å². The van der Waals surface area contributed by atoms with E-state index in [1.54, 1.807) is 0 Å². The first-order valence-electron chi connectivity index (χ1n) is 5.42. The molecule has 0 bridgehead atoms. The normalized spacial score (nSPS) is 15.8. The van der Waals surface area contributed by atoms with Crippen molar-refractivity contribution >= 4 is 0 Å². The summed E-state index contributed by atoms with van der Waals surface area (Å²) < 4.78 is 5.62. The van der Waals surface area contributed by atoms with E-state index >= 15 is 0 Å². The molecule has 0 fully saturated rings. The Labute approximate surface area is 87.2 Å². The maximum Gasteiger partial charge on any atom is 0.115 e. The highest BCUT2D eigenvalue weighted by Crippen LogP contribution is 2.09. The van der Waals surface area contributed by atoms with Crippen molar-refractivity contribution in [2.24, 2.45) is 0 Å². The van der Waals surface area contributed by atoms with E-state index < -0.39 is 0 Å². The topological polar surface area (TPSA) is 12.5 Å². The standard InChI is InChI=1S/C12H20NO/c1-3-13(4-2)10-11-14-12-8-6-5-7-9-12/h6-9H,3-5,10-11H2,1-2H3. The van der Waals surface area contributed by atoms with Crippen molar-refractivity contribution in [3.8, 4) is 0 Å². The molecule has 79 valence electrons. The molecule has 0 spiro atoms. The molecule has 0 aliphatic heterocycles. The number of ether oxygens (including phenoxy) is 1. The predicted molar refractivity (Wildman–Crippen MR) is 59.9 cm³/mol. The summed E-state index contributed by atoms with van der Waals surface area (Å²) in [4.78, 5) is 2.36. The zero-order chi connectivity index (χ0) is 10.2. The van der Waals surface area contributed by atoms with Crippen LogP contribution in [0.15, 0.2) is 24.0 Å². The van der Waals surface area contributed by atoms with Crippen molar-refractivity contribution in [1.29, 1.82) is 0 Å². The van der Waals surface area contributed by atoms with Gasteiger partial charge >= 0.3 is 0 Å². The summed E-state index contributed by atoms with van der Waals surface area (Å²) in [5.74, 6) is 0.989. The predicted octanol–water partition coefficient (Wildman–Crippen LogP) is 2.39. The first-order valence-corrected chi connectivity index (χ1v) is 5.42. The van der Waals surface area contributed by atoms with Crippen molar-refractivity contribution in [2.75, 3.05) is 26.2 Å². The molecule has 0 unspecified atom stereocenters. The van der Waals surface area contributed by atoms with Gasteiger partial charge in [0.2, 0.25) is 0 Å². The molecule has 0 amide bonds. The Bertz CT molecular complexity index is 204. The van der Waals surface area contributed by atoms with Crippen LogP contribution in [0.4, 0.5) is 0 Å². The van der Waals surface area contributed by atoms with Gasteiger partial charge in [0.25, 0.3) is 0 Å². The van der Waals surface area contributed by atoms with Crippen LogP contribution >= 0.6 is 0 Å². The third kappa shape index (κ3) is 3.97. The Hall–Kier alpha value is -0.760. The van der Waals surface area contributed by atoms with Gasteiger partial charge < -0.3 is 9.64 Å². The Morgan fingerprint density at radius 1 is 1.36 bits per heavy atom. The zero-order valence-corrected chi connectivity index (χ0v) is 9.20. The summed E-state index contributed by atoms with van der Waals surface area (Å²) in [5, 5.41) is 0. The third-order valence-corrected chi connectivity index (χ3v) is 2.41. The fraction of sp³-hybridized carbons (Fsp3) is 0.583. The van der Waals surface area contributed by atoms with E-state index in [1.807, 2.05) is 12.2 Å². The van der Waals surface area contributed by atoms with Gasteiger partial charge in [0.15, 0.2) is 0 Å². The molecule has 14 heavy (non-hydrogen) atoms. The Morgan fingerprint density at radius 3 is 2.71 bits per heavy atom. The van der Waals surface area contributed by atoms with Gasteiger partial charge in [-0.2, -0.15) is 0 Å². The van der Waals surface area contributed by atoms with Crippen LogP contribution in [0.25, 0.3) is 0 Å². The van der Waals surface area contributed by atoms with E-state index in [0.717, 1.165) is 38.4 Å². The maximum atomic E-state index is 5.62. The van der Waals surface area contributed by atoms with E-state index in [-0.39, 0.29) is 0 Å². The van der Waals surface area contributed by atoms with E-state index in [0.29, 0.717) is 0 Å². The molecule has 0 aromatic carbocycles. The number of allylic oxidation sites excluding steroid dienone is 3. The second kappa shape index (κ2) is 6.66. The van der Waals surface area contributed by atoms with Crippen LogP contribution in [0.5, 0.6) is 0 Å². The lowest BCUT2D eigenvalue weighted by atomic mass is 10.2. The van der Waals surface area contributed by atoms with Gasteiger partial charge in [0.05, 0.1) is 0 Å². The Kier molecular flexibility index (Phi) is 5.38. The molecule has 0 aromatic heterocycles. The van der Waals surface area contributed by atoms with E-state index in [4.69, 9.17) is 4.74 Å². The van der Waals surface area contributed by atoms with E-state index in [9.17, 15) is 0 Å². The van der Waals surface area contributed by atoms with Crippen LogP contribution in [0.1, 0.15) is 20.3 Å². The minimum Gasteiger partial charge on any atom is -0.493 e. The fourth-order valence-corrected chi connectivity index (χ4v) is 1.43. The van der Waals surface area contributed by atoms with Crippen molar-refractivity contribution in [3.05, 3.63) is 30.4 Å². The van der Waals surface area contributed by atoms with Crippen molar-refractivity contribution in [2.45, 2.75) is 20.3 Å².